The van der Waals surface area contributed by atoms with E-state index in [9.17, 15) is 0 Å². The monoisotopic (exact) mass is 267 g/mol. The molecule has 1 radical (unpaired) electrons. The van der Waals surface area contributed by atoms with Crippen molar-refractivity contribution in [3.05, 3.63) is 23.3 Å². The average Bonchev–Trinajstić information content (AvgIpc) is 1.85. The van der Waals surface area contributed by atoms with Crippen molar-refractivity contribution in [2.45, 2.75) is 20.8 Å². The minimum Gasteiger partial charge on any atom is -1.00 e. The van der Waals surface area contributed by atoms with Crippen molar-refractivity contribution in [1.29, 1.82) is 0 Å². The molecule has 1 rings (SSSR count). The van der Waals surface area contributed by atoms with Crippen molar-refractivity contribution in [2.24, 2.45) is 5.92 Å². The van der Waals surface area contributed by atoms with Crippen LogP contribution in [-0.4, -0.2) is 0 Å². The van der Waals surface area contributed by atoms with Crippen LogP contribution in [-0.2, 0) is 26.2 Å². The van der Waals surface area contributed by atoms with E-state index in [4.69, 9.17) is 0 Å². The molecule has 1 aliphatic rings. The predicted molar refractivity (Wildman–Crippen MR) is 35.4 cm³/mol. The fourth-order valence-electron chi connectivity index (χ4n) is 0.964. The SMILES string of the molecule is CC1=[C-]C(C)C(C)=C1.[Cl-].[Cl-].[Zr+3]. The van der Waals surface area contributed by atoms with Gasteiger partial charge in [-0.1, -0.05) is 26.7 Å². The van der Waals surface area contributed by atoms with Crippen LogP contribution >= 0.6 is 0 Å². The Labute approximate surface area is 100 Å². The van der Waals surface area contributed by atoms with Gasteiger partial charge in [-0.2, -0.15) is 5.57 Å². The Kier molecular flexibility index (Phi) is 12.3. The second-order valence-electron chi connectivity index (χ2n) is 2.44. The number of halogens is 2. The molecule has 0 saturated carbocycles. The number of hydrogen-bond donors (Lipinski definition) is 0. The third-order valence-electron chi connectivity index (χ3n) is 1.57. The maximum atomic E-state index is 3.29. The van der Waals surface area contributed by atoms with Gasteiger partial charge >= 0.3 is 26.2 Å². The second kappa shape index (κ2) is 7.58. The van der Waals surface area contributed by atoms with Gasteiger partial charge in [0.1, 0.15) is 0 Å². The van der Waals surface area contributed by atoms with E-state index in [-0.39, 0.29) is 51.0 Å². The Hall–Kier alpha value is 0.943. The molecule has 0 aliphatic heterocycles. The molecule has 0 saturated heterocycles. The van der Waals surface area contributed by atoms with Gasteiger partial charge in [0.25, 0.3) is 0 Å². The summed E-state index contributed by atoms with van der Waals surface area (Å²) in [4.78, 5) is 0. The summed E-state index contributed by atoms with van der Waals surface area (Å²) in [5, 5.41) is 0. The molecule has 11 heavy (non-hydrogen) atoms. The summed E-state index contributed by atoms with van der Waals surface area (Å²) < 4.78 is 0. The van der Waals surface area contributed by atoms with E-state index in [1.807, 2.05) is 0 Å². The Morgan fingerprint density at radius 2 is 1.73 bits per heavy atom. The van der Waals surface area contributed by atoms with Crippen LogP contribution in [0, 0.1) is 12.0 Å². The summed E-state index contributed by atoms with van der Waals surface area (Å²) in [6, 6.07) is 0. The van der Waals surface area contributed by atoms with Gasteiger partial charge in [0, 0.05) is 0 Å². The maximum absolute atomic E-state index is 3.29. The summed E-state index contributed by atoms with van der Waals surface area (Å²) in [6.07, 6.45) is 5.48. The van der Waals surface area contributed by atoms with Gasteiger partial charge in [-0.25, -0.2) is 11.6 Å². The van der Waals surface area contributed by atoms with Crippen LogP contribution in [0.5, 0.6) is 0 Å². The minimum absolute atomic E-state index is 0. The molecule has 61 valence electrons. The quantitative estimate of drug-likeness (QED) is 0.398. The van der Waals surface area contributed by atoms with Gasteiger partial charge in [0.05, 0.1) is 0 Å². The molecule has 0 spiro atoms. The smallest absolute Gasteiger partial charge is 1.00 e. The molecular weight excluding hydrogens is 258 g/mol. The minimum atomic E-state index is 0. The molecule has 0 fully saturated rings. The normalized spacial score (nSPS) is 20.1. The van der Waals surface area contributed by atoms with Crippen LogP contribution in [0.4, 0.5) is 0 Å². The van der Waals surface area contributed by atoms with E-state index in [0.717, 1.165) is 0 Å². The predicted octanol–water partition coefficient (Wildman–Crippen LogP) is -3.66. The van der Waals surface area contributed by atoms with Crippen molar-refractivity contribution in [2.75, 3.05) is 0 Å². The Bertz CT molecular complexity index is 161. The van der Waals surface area contributed by atoms with E-state index in [1.54, 1.807) is 0 Å². The number of hydrogen-bond acceptors (Lipinski definition) is 0. The Morgan fingerprint density at radius 3 is 1.82 bits per heavy atom. The first kappa shape index (κ1) is 17.9. The topological polar surface area (TPSA) is 0 Å². The summed E-state index contributed by atoms with van der Waals surface area (Å²) in [6.45, 7) is 6.41. The van der Waals surface area contributed by atoms with Crippen LogP contribution in [0.3, 0.4) is 0 Å². The van der Waals surface area contributed by atoms with E-state index in [2.05, 4.69) is 32.9 Å². The van der Waals surface area contributed by atoms with Gasteiger partial charge in [0.15, 0.2) is 0 Å². The largest absolute Gasteiger partial charge is 3.00 e. The van der Waals surface area contributed by atoms with E-state index in [0.29, 0.717) is 5.92 Å². The van der Waals surface area contributed by atoms with Crippen LogP contribution in [0.2, 0.25) is 0 Å². The first-order valence-electron chi connectivity index (χ1n) is 2.98. The Balaban J connectivity index is -0.000000213. The Morgan fingerprint density at radius 1 is 1.27 bits per heavy atom. The van der Waals surface area contributed by atoms with Crippen molar-refractivity contribution in [1.82, 2.24) is 0 Å². The first-order valence-corrected chi connectivity index (χ1v) is 2.98. The van der Waals surface area contributed by atoms with E-state index >= 15 is 0 Å². The fourth-order valence-corrected chi connectivity index (χ4v) is 0.964. The fraction of sp³-hybridized carbons (Fsp3) is 0.500. The standard InChI is InChI=1S/C8H11.2ClH.Zr/c1-6-4-7(2)8(3)5-6;;;/h4,8H,1-3H3;2*1H;/q-1;;;+3/p-2. The zero-order valence-corrected chi connectivity index (χ0v) is 10.9. The second-order valence-corrected chi connectivity index (χ2v) is 2.44. The van der Waals surface area contributed by atoms with Gasteiger partial charge in [-0.15, -0.1) is 0 Å². The van der Waals surface area contributed by atoms with Gasteiger partial charge in [-0.3, -0.25) is 6.08 Å². The zero-order valence-electron chi connectivity index (χ0n) is 6.91. The molecule has 0 nitrogen and oxygen atoms in total. The molecule has 0 aromatic heterocycles. The summed E-state index contributed by atoms with van der Waals surface area (Å²) in [7, 11) is 0. The molecule has 0 aromatic carbocycles. The maximum Gasteiger partial charge on any atom is 3.00 e. The first-order chi connectivity index (χ1) is 3.70. The molecule has 0 aromatic rings. The molecule has 0 amide bonds. The molecule has 0 N–H and O–H groups in total. The summed E-state index contributed by atoms with van der Waals surface area (Å²) >= 11 is 0. The summed E-state index contributed by atoms with van der Waals surface area (Å²) in [5.41, 5.74) is 2.72. The summed E-state index contributed by atoms with van der Waals surface area (Å²) in [5.74, 6) is 0.565. The molecule has 1 aliphatic carbocycles. The van der Waals surface area contributed by atoms with Gasteiger partial charge < -0.3 is 24.8 Å². The van der Waals surface area contributed by atoms with Crippen LogP contribution < -0.4 is 24.8 Å². The van der Waals surface area contributed by atoms with Crippen LogP contribution in [0.15, 0.2) is 17.2 Å². The number of rotatable bonds is 0. The van der Waals surface area contributed by atoms with Crippen LogP contribution in [0.25, 0.3) is 0 Å². The molecule has 0 bridgehead atoms. The van der Waals surface area contributed by atoms with Crippen molar-refractivity contribution >= 4 is 0 Å². The molecule has 3 heteroatoms. The number of allylic oxidation sites excluding steroid dienone is 4. The molecule has 1 unspecified atom stereocenters. The van der Waals surface area contributed by atoms with Crippen LogP contribution in [0.1, 0.15) is 20.8 Å². The zero-order chi connectivity index (χ0) is 6.15. The van der Waals surface area contributed by atoms with Crippen molar-refractivity contribution in [3.63, 3.8) is 0 Å². The third-order valence-corrected chi connectivity index (χ3v) is 1.57. The average molecular weight is 269 g/mol. The third kappa shape index (κ3) is 5.22. The van der Waals surface area contributed by atoms with Crippen molar-refractivity contribution in [3.8, 4) is 0 Å². The van der Waals surface area contributed by atoms with E-state index in [1.165, 1.54) is 11.1 Å². The molecule has 0 heterocycles. The van der Waals surface area contributed by atoms with E-state index < -0.39 is 0 Å². The molecular formula is C8H11Cl2Zr. The molecule has 1 atom stereocenters. The van der Waals surface area contributed by atoms with Crippen molar-refractivity contribution < 1.29 is 51.0 Å². The van der Waals surface area contributed by atoms with Gasteiger partial charge in [0.2, 0.25) is 0 Å². The van der Waals surface area contributed by atoms with Gasteiger partial charge in [-0.05, 0) is 0 Å².